The zero-order chi connectivity index (χ0) is 15.2. The molecule has 0 aliphatic heterocycles. The Morgan fingerprint density at radius 1 is 1.10 bits per heavy atom. The molecule has 0 heterocycles. The third-order valence-electron chi connectivity index (χ3n) is 2.85. The first kappa shape index (κ1) is 15.7. The standard InChI is InChI=1S/C16H15Cl2NO2/c1-2-21-12-8-6-11(7-9-12)19-16(20)10-13-14(17)4-3-5-15(13)18/h3-9H,2,10H2,1H3,(H,19,20). The van der Waals surface area contributed by atoms with Crippen molar-refractivity contribution < 1.29 is 9.53 Å². The summed E-state index contributed by atoms with van der Waals surface area (Å²) in [6.07, 6.45) is 0.131. The maximum Gasteiger partial charge on any atom is 0.228 e. The summed E-state index contributed by atoms with van der Waals surface area (Å²) in [6, 6.07) is 12.4. The molecular formula is C16H15Cl2NO2. The van der Waals surface area contributed by atoms with Crippen LogP contribution in [0.1, 0.15) is 12.5 Å². The van der Waals surface area contributed by atoms with Crippen molar-refractivity contribution in [2.24, 2.45) is 0 Å². The zero-order valence-electron chi connectivity index (χ0n) is 11.5. The minimum atomic E-state index is -0.172. The summed E-state index contributed by atoms with van der Waals surface area (Å²) in [5.74, 6) is 0.596. The highest BCUT2D eigenvalue weighted by atomic mass is 35.5. The summed E-state index contributed by atoms with van der Waals surface area (Å²) in [5, 5.41) is 3.78. The summed E-state index contributed by atoms with van der Waals surface area (Å²) in [5.41, 5.74) is 1.33. The van der Waals surface area contributed by atoms with Crippen molar-refractivity contribution in [3.63, 3.8) is 0 Å². The Morgan fingerprint density at radius 2 is 1.71 bits per heavy atom. The Hall–Kier alpha value is -1.71. The van der Waals surface area contributed by atoms with Crippen LogP contribution >= 0.6 is 23.2 Å². The molecule has 0 bridgehead atoms. The van der Waals surface area contributed by atoms with E-state index in [9.17, 15) is 4.79 Å². The van der Waals surface area contributed by atoms with Crippen molar-refractivity contribution in [2.75, 3.05) is 11.9 Å². The van der Waals surface area contributed by atoms with E-state index in [0.717, 1.165) is 5.75 Å². The normalized spacial score (nSPS) is 10.2. The lowest BCUT2D eigenvalue weighted by Crippen LogP contribution is -2.14. The molecule has 0 spiro atoms. The predicted molar refractivity (Wildman–Crippen MR) is 86.4 cm³/mol. The smallest absolute Gasteiger partial charge is 0.228 e. The molecule has 5 heteroatoms. The fourth-order valence-corrected chi connectivity index (χ4v) is 2.40. The molecule has 0 aliphatic rings. The van der Waals surface area contributed by atoms with Gasteiger partial charge in [-0.25, -0.2) is 0 Å². The van der Waals surface area contributed by atoms with Crippen molar-refractivity contribution in [3.05, 3.63) is 58.1 Å². The van der Waals surface area contributed by atoms with Crippen LogP contribution < -0.4 is 10.1 Å². The van der Waals surface area contributed by atoms with Gasteiger partial charge in [0.15, 0.2) is 0 Å². The molecule has 0 saturated heterocycles. The minimum absolute atomic E-state index is 0.131. The van der Waals surface area contributed by atoms with Crippen molar-refractivity contribution >= 4 is 34.8 Å². The number of anilines is 1. The molecule has 1 N–H and O–H groups in total. The molecule has 0 aliphatic carbocycles. The number of nitrogens with one attached hydrogen (secondary N) is 1. The van der Waals surface area contributed by atoms with E-state index in [2.05, 4.69) is 5.32 Å². The van der Waals surface area contributed by atoms with Crippen molar-refractivity contribution in [2.45, 2.75) is 13.3 Å². The van der Waals surface area contributed by atoms with Crippen molar-refractivity contribution in [3.8, 4) is 5.75 Å². The van der Waals surface area contributed by atoms with Gasteiger partial charge < -0.3 is 10.1 Å². The van der Waals surface area contributed by atoms with E-state index in [1.165, 1.54) is 0 Å². The van der Waals surface area contributed by atoms with Crippen LogP contribution in [0.5, 0.6) is 5.75 Å². The number of rotatable bonds is 5. The van der Waals surface area contributed by atoms with E-state index >= 15 is 0 Å². The second kappa shape index (κ2) is 7.34. The van der Waals surface area contributed by atoms with Crippen LogP contribution in [0.15, 0.2) is 42.5 Å². The Bertz CT molecular complexity index is 606. The summed E-state index contributed by atoms with van der Waals surface area (Å²) in [6.45, 7) is 2.53. The summed E-state index contributed by atoms with van der Waals surface area (Å²) in [7, 11) is 0. The molecule has 0 atom stereocenters. The molecule has 0 radical (unpaired) electrons. The van der Waals surface area contributed by atoms with Crippen molar-refractivity contribution in [1.29, 1.82) is 0 Å². The number of benzene rings is 2. The van der Waals surface area contributed by atoms with Gasteiger partial charge in [0.1, 0.15) is 5.75 Å². The highest BCUT2D eigenvalue weighted by Crippen LogP contribution is 2.25. The molecule has 2 aromatic carbocycles. The number of hydrogen-bond acceptors (Lipinski definition) is 2. The van der Waals surface area contributed by atoms with Crippen LogP contribution in [0.4, 0.5) is 5.69 Å². The molecular weight excluding hydrogens is 309 g/mol. The molecule has 0 saturated carbocycles. The maximum atomic E-state index is 12.0. The third-order valence-corrected chi connectivity index (χ3v) is 3.56. The zero-order valence-corrected chi connectivity index (χ0v) is 13.0. The Balaban J connectivity index is 2.01. The maximum absolute atomic E-state index is 12.0. The van der Waals surface area contributed by atoms with Gasteiger partial charge in [-0.2, -0.15) is 0 Å². The molecule has 2 rings (SSSR count). The number of hydrogen-bond donors (Lipinski definition) is 1. The third kappa shape index (κ3) is 4.38. The Labute approximate surface area is 133 Å². The number of amides is 1. The predicted octanol–water partition coefficient (Wildman–Crippen LogP) is 4.57. The molecule has 21 heavy (non-hydrogen) atoms. The fraction of sp³-hybridized carbons (Fsp3) is 0.188. The van der Waals surface area contributed by atoms with E-state index in [4.69, 9.17) is 27.9 Å². The van der Waals surface area contributed by atoms with Crippen LogP contribution in [0.3, 0.4) is 0 Å². The van der Waals surface area contributed by atoms with Gasteiger partial charge in [-0.15, -0.1) is 0 Å². The van der Waals surface area contributed by atoms with Gasteiger partial charge in [0.2, 0.25) is 5.91 Å². The SMILES string of the molecule is CCOc1ccc(NC(=O)Cc2c(Cl)cccc2Cl)cc1. The number of ether oxygens (including phenoxy) is 1. The van der Waals surface area contributed by atoms with Crippen LogP contribution in [0.25, 0.3) is 0 Å². The van der Waals surface area contributed by atoms with E-state index in [1.807, 2.05) is 19.1 Å². The van der Waals surface area contributed by atoms with Gasteiger partial charge in [0.25, 0.3) is 0 Å². The average Bonchev–Trinajstić information content (AvgIpc) is 2.45. The van der Waals surface area contributed by atoms with Crippen LogP contribution in [0.2, 0.25) is 10.0 Å². The highest BCUT2D eigenvalue weighted by Gasteiger charge is 2.11. The summed E-state index contributed by atoms with van der Waals surface area (Å²) >= 11 is 12.1. The molecule has 0 fully saturated rings. The summed E-state index contributed by atoms with van der Waals surface area (Å²) in [4.78, 5) is 12.0. The van der Waals surface area contributed by atoms with Gasteiger partial charge in [-0.3, -0.25) is 4.79 Å². The first-order chi connectivity index (χ1) is 10.1. The molecule has 110 valence electrons. The fourth-order valence-electron chi connectivity index (χ4n) is 1.87. The number of carbonyl (C=O) groups is 1. The van der Waals surface area contributed by atoms with Gasteiger partial charge in [-0.05, 0) is 48.9 Å². The van der Waals surface area contributed by atoms with Crippen molar-refractivity contribution in [1.82, 2.24) is 0 Å². The van der Waals surface area contributed by atoms with Gasteiger partial charge in [0, 0.05) is 15.7 Å². The molecule has 3 nitrogen and oxygen atoms in total. The second-order valence-electron chi connectivity index (χ2n) is 4.38. The average molecular weight is 324 g/mol. The largest absolute Gasteiger partial charge is 0.494 e. The monoisotopic (exact) mass is 323 g/mol. The first-order valence-corrected chi connectivity index (χ1v) is 7.31. The molecule has 2 aromatic rings. The highest BCUT2D eigenvalue weighted by molar-refractivity contribution is 6.36. The lowest BCUT2D eigenvalue weighted by molar-refractivity contribution is -0.115. The molecule has 0 aromatic heterocycles. The van der Waals surface area contributed by atoms with Crippen LogP contribution in [-0.4, -0.2) is 12.5 Å². The van der Waals surface area contributed by atoms with E-state index in [0.29, 0.717) is 27.9 Å². The Kier molecular flexibility index (Phi) is 5.48. The second-order valence-corrected chi connectivity index (χ2v) is 5.20. The minimum Gasteiger partial charge on any atom is -0.494 e. The van der Waals surface area contributed by atoms with Crippen LogP contribution in [0, 0.1) is 0 Å². The van der Waals surface area contributed by atoms with Gasteiger partial charge in [-0.1, -0.05) is 29.3 Å². The first-order valence-electron chi connectivity index (χ1n) is 6.55. The topological polar surface area (TPSA) is 38.3 Å². The lowest BCUT2D eigenvalue weighted by Gasteiger charge is -2.09. The Morgan fingerprint density at radius 3 is 2.29 bits per heavy atom. The molecule has 1 amide bonds. The number of carbonyl (C=O) groups excluding carboxylic acids is 1. The van der Waals surface area contributed by atoms with Gasteiger partial charge in [0.05, 0.1) is 13.0 Å². The summed E-state index contributed by atoms with van der Waals surface area (Å²) < 4.78 is 5.35. The van der Waals surface area contributed by atoms with E-state index in [-0.39, 0.29) is 12.3 Å². The van der Waals surface area contributed by atoms with Crippen LogP contribution in [-0.2, 0) is 11.2 Å². The van der Waals surface area contributed by atoms with E-state index < -0.39 is 0 Å². The van der Waals surface area contributed by atoms with E-state index in [1.54, 1.807) is 30.3 Å². The lowest BCUT2D eigenvalue weighted by atomic mass is 10.1. The quantitative estimate of drug-likeness (QED) is 0.875. The van der Waals surface area contributed by atoms with Gasteiger partial charge >= 0.3 is 0 Å². The molecule has 0 unspecified atom stereocenters. The number of halogens is 2.